The molecule has 136 valence electrons. The van der Waals surface area contributed by atoms with Crippen molar-refractivity contribution in [3.63, 3.8) is 0 Å². The van der Waals surface area contributed by atoms with Crippen molar-refractivity contribution in [2.75, 3.05) is 26.9 Å². The molecule has 2 aromatic rings. The van der Waals surface area contributed by atoms with Gasteiger partial charge in [0, 0.05) is 19.2 Å². The van der Waals surface area contributed by atoms with Crippen LogP contribution in [-0.4, -0.2) is 48.8 Å². The lowest BCUT2D eigenvalue weighted by Gasteiger charge is -2.34. The second-order valence-electron chi connectivity index (χ2n) is 6.05. The van der Waals surface area contributed by atoms with Crippen molar-refractivity contribution < 1.29 is 24.2 Å². The predicted molar refractivity (Wildman–Crippen MR) is 95.4 cm³/mol. The third kappa shape index (κ3) is 3.70. The summed E-state index contributed by atoms with van der Waals surface area (Å²) in [5.41, 5.74) is 2.10. The van der Waals surface area contributed by atoms with Gasteiger partial charge in [0.15, 0.2) is 6.04 Å². The van der Waals surface area contributed by atoms with Gasteiger partial charge in [0.05, 0.1) is 6.61 Å². The molecule has 0 saturated heterocycles. The molecule has 3 rings (SSSR count). The second-order valence-corrected chi connectivity index (χ2v) is 6.05. The lowest BCUT2D eigenvalue weighted by molar-refractivity contribution is -0.143. The van der Waals surface area contributed by atoms with Crippen LogP contribution in [0, 0.1) is 0 Å². The van der Waals surface area contributed by atoms with Crippen molar-refractivity contribution in [1.82, 2.24) is 4.90 Å². The van der Waals surface area contributed by atoms with Crippen LogP contribution in [0.2, 0.25) is 0 Å². The molecule has 0 radical (unpaired) electrons. The van der Waals surface area contributed by atoms with Crippen LogP contribution in [0.25, 0.3) is 0 Å². The van der Waals surface area contributed by atoms with Crippen LogP contribution in [0.1, 0.15) is 27.5 Å². The van der Waals surface area contributed by atoms with E-state index < -0.39 is 12.0 Å². The first kappa shape index (κ1) is 17.9. The molecule has 1 amide bonds. The predicted octanol–water partition coefficient (Wildman–Crippen LogP) is 2.54. The zero-order chi connectivity index (χ0) is 18.5. The van der Waals surface area contributed by atoms with Gasteiger partial charge in [-0.2, -0.15) is 0 Å². The number of carbonyl (C=O) groups is 2. The van der Waals surface area contributed by atoms with E-state index in [0.29, 0.717) is 43.1 Å². The molecule has 6 heteroatoms. The Kier molecular flexibility index (Phi) is 5.53. The minimum Gasteiger partial charge on any atom is -0.491 e. The zero-order valence-corrected chi connectivity index (χ0v) is 14.6. The highest BCUT2D eigenvalue weighted by Crippen LogP contribution is 2.31. The van der Waals surface area contributed by atoms with E-state index in [0.717, 1.165) is 5.56 Å². The maximum Gasteiger partial charge on any atom is 0.331 e. The summed E-state index contributed by atoms with van der Waals surface area (Å²) in [4.78, 5) is 26.2. The lowest BCUT2D eigenvalue weighted by atomic mass is 9.92. The molecule has 0 bridgehead atoms. The van der Waals surface area contributed by atoms with E-state index >= 15 is 0 Å². The van der Waals surface area contributed by atoms with Gasteiger partial charge in [-0.05, 0) is 41.8 Å². The standard InChI is InChI=1S/C20H21NO5/c1-25-12-13-26-16-8-6-15(7-9-16)19(22)21-11-10-14-4-2-3-5-17(14)18(21)20(23)24/h2-9,18H,10-13H2,1H3,(H,23,24). The highest BCUT2D eigenvalue weighted by Gasteiger charge is 2.36. The fourth-order valence-corrected chi connectivity index (χ4v) is 3.15. The van der Waals surface area contributed by atoms with Crippen LogP contribution < -0.4 is 4.74 Å². The molecule has 1 aliphatic rings. The highest BCUT2D eigenvalue weighted by molar-refractivity contribution is 5.97. The van der Waals surface area contributed by atoms with E-state index in [2.05, 4.69) is 0 Å². The summed E-state index contributed by atoms with van der Waals surface area (Å²) in [5.74, 6) is -0.683. The summed E-state index contributed by atoms with van der Waals surface area (Å²) >= 11 is 0. The number of aliphatic carboxylic acids is 1. The number of fused-ring (bicyclic) bond motifs is 1. The van der Waals surface area contributed by atoms with E-state index in [9.17, 15) is 14.7 Å². The molecule has 0 spiro atoms. The van der Waals surface area contributed by atoms with Crippen LogP contribution in [0.3, 0.4) is 0 Å². The van der Waals surface area contributed by atoms with E-state index in [1.54, 1.807) is 43.5 Å². The number of hydrogen-bond donors (Lipinski definition) is 1. The fourth-order valence-electron chi connectivity index (χ4n) is 3.15. The third-order valence-electron chi connectivity index (χ3n) is 4.44. The van der Waals surface area contributed by atoms with Crippen molar-refractivity contribution >= 4 is 11.9 Å². The van der Waals surface area contributed by atoms with Crippen LogP contribution in [0.4, 0.5) is 0 Å². The Bertz CT molecular complexity index is 787. The van der Waals surface area contributed by atoms with Gasteiger partial charge < -0.3 is 19.5 Å². The number of rotatable bonds is 6. The van der Waals surface area contributed by atoms with Gasteiger partial charge in [-0.15, -0.1) is 0 Å². The largest absolute Gasteiger partial charge is 0.491 e. The van der Waals surface area contributed by atoms with Gasteiger partial charge in [-0.25, -0.2) is 4.79 Å². The summed E-state index contributed by atoms with van der Waals surface area (Å²) in [7, 11) is 1.60. The molecule has 6 nitrogen and oxygen atoms in total. The molecule has 0 saturated carbocycles. The van der Waals surface area contributed by atoms with Gasteiger partial charge in [0.2, 0.25) is 0 Å². The smallest absolute Gasteiger partial charge is 0.331 e. The lowest BCUT2D eigenvalue weighted by Crippen LogP contribution is -2.43. The summed E-state index contributed by atoms with van der Waals surface area (Å²) in [6.07, 6.45) is 0.643. The SMILES string of the molecule is COCCOc1ccc(C(=O)N2CCc3ccccc3C2C(=O)O)cc1. The summed E-state index contributed by atoms with van der Waals surface area (Å²) in [6, 6.07) is 13.1. The van der Waals surface area contributed by atoms with Crippen LogP contribution in [-0.2, 0) is 16.0 Å². The molecule has 0 fully saturated rings. The van der Waals surface area contributed by atoms with Crippen molar-refractivity contribution in [1.29, 1.82) is 0 Å². The Morgan fingerprint density at radius 1 is 1.12 bits per heavy atom. The first-order valence-corrected chi connectivity index (χ1v) is 8.45. The summed E-state index contributed by atoms with van der Waals surface area (Å²) in [6.45, 7) is 1.28. The zero-order valence-electron chi connectivity index (χ0n) is 14.6. The summed E-state index contributed by atoms with van der Waals surface area (Å²) < 4.78 is 10.4. The number of carbonyl (C=O) groups excluding carboxylic acids is 1. The Labute approximate surface area is 152 Å². The molecule has 1 N–H and O–H groups in total. The van der Waals surface area contributed by atoms with Crippen molar-refractivity contribution in [2.45, 2.75) is 12.5 Å². The average Bonchev–Trinajstić information content (AvgIpc) is 2.67. The van der Waals surface area contributed by atoms with E-state index in [1.165, 1.54) is 4.90 Å². The molecule has 26 heavy (non-hydrogen) atoms. The van der Waals surface area contributed by atoms with E-state index in [-0.39, 0.29) is 5.91 Å². The summed E-state index contributed by atoms with van der Waals surface area (Å²) in [5, 5.41) is 9.69. The molecule has 1 heterocycles. The van der Waals surface area contributed by atoms with Gasteiger partial charge >= 0.3 is 5.97 Å². The Hall–Kier alpha value is -2.86. The Morgan fingerprint density at radius 2 is 1.85 bits per heavy atom. The maximum atomic E-state index is 12.9. The second kappa shape index (κ2) is 8.01. The highest BCUT2D eigenvalue weighted by atomic mass is 16.5. The number of benzene rings is 2. The number of amides is 1. The third-order valence-corrected chi connectivity index (χ3v) is 4.44. The van der Waals surface area contributed by atoms with Crippen molar-refractivity contribution in [3.05, 3.63) is 65.2 Å². The number of carboxylic acid groups (broad SMARTS) is 1. The molecular weight excluding hydrogens is 334 g/mol. The minimum atomic E-state index is -1.02. The fraction of sp³-hybridized carbons (Fsp3) is 0.300. The quantitative estimate of drug-likeness (QED) is 0.806. The molecule has 1 atom stereocenters. The number of methoxy groups -OCH3 is 1. The first-order chi connectivity index (χ1) is 12.6. The van der Waals surface area contributed by atoms with E-state index in [1.807, 2.05) is 12.1 Å². The minimum absolute atomic E-state index is 0.296. The van der Waals surface area contributed by atoms with Gasteiger partial charge in [-0.1, -0.05) is 24.3 Å². The van der Waals surface area contributed by atoms with Crippen molar-refractivity contribution in [3.8, 4) is 5.75 Å². The Morgan fingerprint density at radius 3 is 2.54 bits per heavy atom. The maximum absolute atomic E-state index is 12.9. The molecular formula is C20H21NO5. The number of nitrogens with zero attached hydrogens (tertiary/aromatic N) is 1. The molecule has 0 aromatic heterocycles. The average molecular weight is 355 g/mol. The molecule has 1 unspecified atom stereocenters. The van der Waals surface area contributed by atoms with Crippen LogP contribution in [0.5, 0.6) is 5.75 Å². The van der Waals surface area contributed by atoms with E-state index in [4.69, 9.17) is 9.47 Å². The normalized spacial score (nSPS) is 16.0. The van der Waals surface area contributed by atoms with Crippen LogP contribution in [0.15, 0.2) is 48.5 Å². The number of ether oxygens (including phenoxy) is 2. The number of hydrogen-bond acceptors (Lipinski definition) is 4. The van der Waals surface area contributed by atoms with Crippen LogP contribution >= 0.6 is 0 Å². The van der Waals surface area contributed by atoms with Gasteiger partial charge in [0.1, 0.15) is 12.4 Å². The molecule has 0 aliphatic carbocycles. The monoisotopic (exact) mass is 355 g/mol. The van der Waals surface area contributed by atoms with Gasteiger partial charge in [-0.3, -0.25) is 4.79 Å². The topological polar surface area (TPSA) is 76.1 Å². The van der Waals surface area contributed by atoms with Gasteiger partial charge in [0.25, 0.3) is 5.91 Å². The molecule has 1 aliphatic heterocycles. The first-order valence-electron chi connectivity index (χ1n) is 8.45. The molecule has 2 aromatic carbocycles. The number of carboxylic acids is 1. The Balaban J connectivity index is 1.79. The van der Waals surface area contributed by atoms with Crippen molar-refractivity contribution in [2.24, 2.45) is 0 Å².